The van der Waals surface area contributed by atoms with Gasteiger partial charge in [-0.3, -0.25) is 9.78 Å². The van der Waals surface area contributed by atoms with E-state index in [0.717, 1.165) is 54.9 Å². The molecule has 0 unspecified atom stereocenters. The van der Waals surface area contributed by atoms with Crippen LogP contribution in [0, 0.1) is 0 Å². The highest BCUT2D eigenvalue weighted by molar-refractivity contribution is 6.07. The first-order valence-corrected chi connectivity index (χ1v) is 9.27. The summed E-state index contributed by atoms with van der Waals surface area (Å²) in [6, 6.07) is 8.40. The van der Waals surface area contributed by atoms with Crippen molar-refractivity contribution < 1.29 is 4.79 Å². The number of carbonyl (C=O) groups excluding carboxylic acids is 1. The topological polar surface area (TPSA) is 39.7 Å². The van der Waals surface area contributed by atoms with Crippen molar-refractivity contribution in [3.8, 4) is 0 Å². The smallest absolute Gasteiger partial charge is 0.257 e. The molecule has 0 saturated carbocycles. The molecule has 0 N–H and O–H groups in total. The summed E-state index contributed by atoms with van der Waals surface area (Å²) in [4.78, 5) is 24.6. The maximum atomic E-state index is 13.4. The van der Waals surface area contributed by atoms with Gasteiger partial charge >= 0.3 is 0 Å². The number of benzene rings is 1. The summed E-state index contributed by atoms with van der Waals surface area (Å²) in [6.45, 7) is 6.81. The second kappa shape index (κ2) is 6.64. The van der Waals surface area contributed by atoms with E-state index in [1.54, 1.807) is 6.20 Å². The Labute approximate surface area is 149 Å². The van der Waals surface area contributed by atoms with E-state index in [2.05, 4.69) is 34.8 Å². The highest BCUT2D eigenvalue weighted by atomic mass is 16.2. The van der Waals surface area contributed by atoms with Gasteiger partial charge in [0.05, 0.1) is 16.8 Å². The van der Waals surface area contributed by atoms with Crippen molar-refractivity contribution in [3.63, 3.8) is 0 Å². The zero-order chi connectivity index (χ0) is 17.4. The van der Waals surface area contributed by atoms with E-state index < -0.39 is 0 Å². The maximum absolute atomic E-state index is 13.4. The maximum Gasteiger partial charge on any atom is 0.257 e. The molecular weight excluding hydrogens is 312 g/mol. The average molecular weight is 338 g/mol. The summed E-state index contributed by atoms with van der Waals surface area (Å²) >= 11 is 0. The van der Waals surface area contributed by atoms with Crippen molar-refractivity contribution in [3.05, 3.63) is 36.0 Å². The van der Waals surface area contributed by atoms with Crippen LogP contribution in [0.3, 0.4) is 0 Å². The molecule has 1 atom stereocenters. The molecule has 1 amide bonds. The summed E-state index contributed by atoms with van der Waals surface area (Å²) in [6.07, 6.45) is 4.17. The van der Waals surface area contributed by atoms with E-state index in [9.17, 15) is 4.79 Å². The van der Waals surface area contributed by atoms with Gasteiger partial charge in [0, 0.05) is 50.3 Å². The van der Waals surface area contributed by atoms with Crippen LogP contribution in [0.15, 0.2) is 30.5 Å². The van der Waals surface area contributed by atoms with Crippen LogP contribution in [0.1, 0.15) is 30.1 Å². The summed E-state index contributed by atoms with van der Waals surface area (Å²) in [5, 5.41) is 1.09. The molecule has 5 heteroatoms. The van der Waals surface area contributed by atoms with Gasteiger partial charge in [-0.25, -0.2) is 0 Å². The summed E-state index contributed by atoms with van der Waals surface area (Å²) in [5.41, 5.74) is 2.81. The van der Waals surface area contributed by atoms with Crippen molar-refractivity contribution in [2.75, 3.05) is 44.7 Å². The fourth-order valence-electron chi connectivity index (χ4n) is 4.16. The fraction of sp³-hybridized carbons (Fsp3) is 0.500. The van der Waals surface area contributed by atoms with Gasteiger partial charge in [0.1, 0.15) is 0 Å². The number of pyridine rings is 1. The fourth-order valence-corrected chi connectivity index (χ4v) is 4.16. The number of hydrogen-bond acceptors (Lipinski definition) is 4. The molecule has 2 aliphatic heterocycles. The lowest BCUT2D eigenvalue weighted by molar-refractivity contribution is 0.0534. The van der Waals surface area contributed by atoms with E-state index in [4.69, 9.17) is 0 Å². The summed E-state index contributed by atoms with van der Waals surface area (Å²) in [7, 11) is 2.12. The van der Waals surface area contributed by atoms with Crippen molar-refractivity contribution in [1.29, 1.82) is 0 Å². The van der Waals surface area contributed by atoms with Crippen molar-refractivity contribution >= 4 is 22.5 Å². The largest absolute Gasteiger partial charge is 0.370 e. The molecule has 0 spiro atoms. The van der Waals surface area contributed by atoms with Crippen LogP contribution < -0.4 is 4.90 Å². The van der Waals surface area contributed by atoms with Crippen molar-refractivity contribution in [2.24, 2.45) is 0 Å². The van der Waals surface area contributed by atoms with Crippen LogP contribution in [0.5, 0.6) is 0 Å². The van der Waals surface area contributed by atoms with Gasteiger partial charge < -0.3 is 14.7 Å². The van der Waals surface area contributed by atoms with Crippen LogP contribution in [0.2, 0.25) is 0 Å². The SMILES string of the molecule is C[C@H]1CN(C)CCN1C(=O)c1cnc2ccccc2c1N1CCCC1. The summed E-state index contributed by atoms with van der Waals surface area (Å²) < 4.78 is 0. The van der Waals surface area contributed by atoms with Gasteiger partial charge in [-0.1, -0.05) is 18.2 Å². The predicted molar refractivity (Wildman–Crippen MR) is 101 cm³/mol. The third-order valence-corrected chi connectivity index (χ3v) is 5.49. The van der Waals surface area contributed by atoms with E-state index >= 15 is 0 Å². The number of carbonyl (C=O) groups is 1. The Morgan fingerprint density at radius 1 is 1.12 bits per heavy atom. The van der Waals surface area contributed by atoms with Crippen LogP contribution in [-0.4, -0.2) is 66.5 Å². The molecule has 1 aromatic carbocycles. The molecule has 0 bridgehead atoms. The van der Waals surface area contributed by atoms with Crippen LogP contribution >= 0.6 is 0 Å². The minimum absolute atomic E-state index is 0.126. The molecule has 0 aliphatic carbocycles. The lowest BCUT2D eigenvalue weighted by Gasteiger charge is -2.38. The van der Waals surface area contributed by atoms with Crippen LogP contribution in [-0.2, 0) is 0 Å². The van der Waals surface area contributed by atoms with Crippen molar-refractivity contribution in [1.82, 2.24) is 14.8 Å². The Hall–Kier alpha value is -2.14. The second-order valence-electron chi connectivity index (χ2n) is 7.34. The first-order chi connectivity index (χ1) is 12.1. The Morgan fingerprint density at radius 2 is 1.88 bits per heavy atom. The number of amides is 1. The number of anilines is 1. The lowest BCUT2D eigenvalue weighted by atomic mass is 10.1. The van der Waals surface area contributed by atoms with Crippen molar-refractivity contribution in [2.45, 2.75) is 25.8 Å². The predicted octanol–water partition coefficient (Wildman–Crippen LogP) is 2.61. The highest BCUT2D eigenvalue weighted by Crippen LogP contribution is 2.33. The lowest BCUT2D eigenvalue weighted by Crippen LogP contribution is -2.52. The molecular formula is C20H26N4O. The zero-order valence-electron chi connectivity index (χ0n) is 15.1. The number of aromatic nitrogens is 1. The highest BCUT2D eigenvalue weighted by Gasteiger charge is 2.30. The zero-order valence-corrected chi connectivity index (χ0v) is 15.1. The van der Waals surface area contributed by atoms with Crippen LogP contribution in [0.25, 0.3) is 10.9 Å². The van der Waals surface area contributed by atoms with Gasteiger partial charge in [0.15, 0.2) is 0 Å². The van der Waals surface area contributed by atoms with E-state index in [-0.39, 0.29) is 11.9 Å². The molecule has 2 fully saturated rings. The minimum atomic E-state index is 0.126. The van der Waals surface area contributed by atoms with Gasteiger partial charge in [-0.15, -0.1) is 0 Å². The van der Waals surface area contributed by atoms with Crippen LogP contribution in [0.4, 0.5) is 5.69 Å². The molecule has 5 nitrogen and oxygen atoms in total. The van der Waals surface area contributed by atoms with E-state index in [0.29, 0.717) is 0 Å². The second-order valence-corrected chi connectivity index (χ2v) is 7.34. The minimum Gasteiger partial charge on any atom is -0.370 e. The third kappa shape index (κ3) is 2.97. The number of para-hydroxylation sites is 1. The number of rotatable bonds is 2. The van der Waals surface area contributed by atoms with Gasteiger partial charge in [0.25, 0.3) is 5.91 Å². The standard InChI is InChI=1S/C20H26N4O/c1-15-14-22(2)11-12-24(15)20(25)17-13-21-18-8-4-3-7-16(18)19(17)23-9-5-6-10-23/h3-4,7-8,13,15H,5-6,9-12,14H2,1-2H3/t15-/m0/s1. The molecule has 4 rings (SSSR count). The normalized spacial score (nSPS) is 21.9. The van der Waals surface area contributed by atoms with Gasteiger partial charge in [-0.05, 0) is 32.9 Å². The number of hydrogen-bond donors (Lipinski definition) is 0. The van der Waals surface area contributed by atoms with E-state index in [1.165, 1.54) is 12.8 Å². The molecule has 25 heavy (non-hydrogen) atoms. The molecule has 2 saturated heterocycles. The summed E-state index contributed by atoms with van der Waals surface area (Å²) in [5.74, 6) is 0.126. The molecule has 0 radical (unpaired) electrons. The first kappa shape index (κ1) is 16.3. The quantitative estimate of drug-likeness (QED) is 0.844. The molecule has 2 aromatic rings. The monoisotopic (exact) mass is 338 g/mol. The Kier molecular flexibility index (Phi) is 4.34. The number of nitrogens with zero attached hydrogens (tertiary/aromatic N) is 4. The van der Waals surface area contributed by atoms with Gasteiger partial charge in [0.2, 0.25) is 0 Å². The Morgan fingerprint density at radius 3 is 2.64 bits per heavy atom. The van der Waals surface area contributed by atoms with Gasteiger partial charge in [-0.2, -0.15) is 0 Å². The molecule has 3 heterocycles. The third-order valence-electron chi connectivity index (χ3n) is 5.49. The number of likely N-dealkylation sites (N-methyl/N-ethyl adjacent to an activating group) is 1. The first-order valence-electron chi connectivity index (χ1n) is 9.27. The molecule has 1 aromatic heterocycles. The average Bonchev–Trinajstić information content (AvgIpc) is 3.14. The number of piperazine rings is 1. The van der Waals surface area contributed by atoms with E-state index in [1.807, 2.05) is 23.1 Å². The molecule has 2 aliphatic rings. The number of fused-ring (bicyclic) bond motifs is 1. The Bertz CT molecular complexity index is 784. The molecule has 132 valence electrons. The Balaban J connectivity index is 1.78.